The fourth-order valence-electron chi connectivity index (χ4n) is 4.14. The first kappa shape index (κ1) is 19.9. The van der Waals surface area contributed by atoms with E-state index in [9.17, 15) is 13.2 Å². The van der Waals surface area contributed by atoms with E-state index in [1.54, 1.807) is 21.0 Å². The Bertz CT molecular complexity index is 1140. The number of imidazole rings is 1. The summed E-state index contributed by atoms with van der Waals surface area (Å²) in [5.41, 5.74) is 2.73. The van der Waals surface area contributed by atoms with Gasteiger partial charge in [-0.2, -0.15) is 4.31 Å². The molecule has 2 aromatic carbocycles. The van der Waals surface area contributed by atoms with E-state index in [4.69, 9.17) is 0 Å². The predicted octanol–water partition coefficient (Wildman–Crippen LogP) is 3.70. The molecule has 1 saturated heterocycles. The molecule has 1 N–H and O–H groups in total. The highest BCUT2D eigenvalue weighted by atomic mass is 32.2. The maximum atomic E-state index is 13.0. The van der Waals surface area contributed by atoms with Gasteiger partial charge < -0.3 is 4.98 Å². The molecule has 3 aromatic rings. The highest BCUT2D eigenvalue weighted by Gasteiger charge is 2.31. The number of nitrogens with zero attached hydrogens (tertiary/aromatic N) is 2. The molecule has 0 atom stereocenters. The number of rotatable bonds is 6. The zero-order valence-corrected chi connectivity index (χ0v) is 17.5. The van der Waals surface area contributed by atoms with Crippen molar-refractivity contribution < 1.29 is 8.42 Å². The zero-order chi connectivity index (χ0) is 20.4. The largest absolute Gasteiger partial charge is 0.326 e. The third-order valence-corrected chi connectivity index (χ3v) is 7.71. The number of aromatic nitrogens is 2. The Labute approximate surface area is 171 Å². The molecule has 0 spiro atoms. The third-order valence-electron chi connectivity index (χ3n) is 5.79. The number of aryl methyl sites for hydroxylation is 1. The molecule has 6 nitrogen and oxygen atoms in total. The minimum atomic E-state index is -3.51. The molecular weight excluding hydrogens is 386 g/mol. The zero-order valence-electron chi connectivity index (χ0n) is 16.7. The van der Waals surface area contributed by atoms with Crippen molar-refractivity contribution >= 4 is 21.1 Å². The van der Waals surface area contributed by atoms with E-state index in [0.29, 0.717) is 30.8 Å². The van der Waals surface area contributed by atoms with Crippen LogP contribution < -0.4 is 5.69 Å². The van der Waals surface area contributed by atoms with Gasteiger partial charge in [0.1, 0.15) is 0 Å². The highest BCUT2D eigenvalue weighted by Crippen LogP contribution is 2.28. The molecule has 1 aromatic heterocycles. The number of sulfonamides is 1. The van der Waals surface area contributed by atoms with Crippen LogP contribution in [0.15, 0.2) is 58.2 Å². The average molecular weight is 414 g/mol. The van der Waals surface area contributed by atoms with Crippen molar-refractivity contribution in [1.82, 2.24) is 13.9 Å². The molecule has 0 amide bonds. The molecule has 154 valence electrons. The van der Waals surface area contributed by atoms with E-state index in [-0.39, 0.29) is 11.7 Å². The first-order valence-corrected chi connectivity index (χ1v) is 11.7. The molecule has 0 bridgehead atoms. The van der Waals surface area contributed by atoms with Crippen LogP contribution in [0.4, 0.5) is 0 Å². The van der Waals surface area contributed by atoms with Gasteiger partial charge >= 0.3 is 5.69 Å². The number of benzene rings is 2. The summed E-state index contributed by atoms with van der Waals surface area (Å²) >= 11 is 0. The van der Waals surface area contributed by atoms with Crippen molar-refractivity contribution in [2.75, 3.05) is 13.1 Å². The van der Waals surface area contributed by atoms with Crippen LogP contribution in [0.1, 0.15) is 44.2 Å². The van der Waals surface area contributed by atoms with Gasteiger partial charge in [0.05, 0.1) is 15.9 Å². The molecule has 0 saturated carbocycles. The number of fused-ring (bicyclic) bond motifs is 1. The number of piperidine rings is 1. The smallest absolute Gasteiger partial charge is 0.306 e. The normalized spacial score (nSPS) is 16.4. The Hall–Kier alpha value is -2.38. The number of H-pyrrole nitrogens is 1. The second-order valence-electron chi connectivity index (χ2n) is 7.70. The average Bonchev–Trinajstić information content (AvgIpc) is 3.08. The van der Waals surface area contributed by atoms with E-state index >= 15 is 0 Å². The van der Waals surface area contributed by atoms with E-state index < -0.39 is 10.0 Å². The summed E-state index contributed by atoms with van der Waals surface area (Å²) in [5, 5.41) is 0. The van der Waals surface area contributed by atoms with Gasteiger partial charge in [-0.15, -0.1) is 0 Å². The van der Waals surface area contributed by atoms with Gasteiger partial charge in [-0.3, -0.25) is 4.57 Å². The summed E-state index contributed by atoms with van der Waals surface area (Å²) in [5.74, 6) is 0. The van der Waals surface area contributed by atoms with Crippen molar-refractivity contribution in [3.05, 3.63) is 64.6 Å². The van der Waals surface area contributed by atoms with Gasteiger partial charge in [0.25, 0.3) is 0 Å². The molecule has 0 unspecified atom stereocenters. The lowest BCUT2D eigenvalue weighted by atomic mass is 10.1. The number of aromatic amines is 1. The minimum absolute atomic E-state index is 0.00141. The van der Waals surface area contributed by atoms with Gasteiger partial charge in [-0.25, -0.2) is 13.2 Å². The quantitative estimate of drug-likeness (QED) is 0.670. The standard InChI is InChI=1S/C22H27N3O3S/c1-2-3-6-17-9-11-19(12-10-17)29(27,28)24-15-13-18(14-16-24)25-21-8-5-4-7-20(21)23-22(25)26/h4-5,7-12,18H,2-3,6,13-16H2,1H3,(H,23,26). The van der Waals surface area contributed by atoms with Crippen molar-refractivity contribution in [3.63, 3.8) is 0 Å². The van der Waals surface area contributed by atoms with Crippen LogP contribution in [0.3, 0.4) is 0 Å². The van der Waals surface area contributed by atoms with E-state index in [1.165, 1.54) is 5.56 Å². The fraction of sp³-hybridized carbons (Fsp3) is 0.409. The molecule has 0 aliphatic carbocycles. The van der Waals surface area contributed by atoms with Gasteiger partial charge in [-0.1, -0.05) is 37.6 Å². The molecule has 1 aliphatic heterocycles. The summed E-state index contributed by atoms with van der Waals surface area (Å²) in [7, 11) is -3.51. The number of hydrogen-bond donors (Lipinski definition) is 1. The van der Waals surface area contributed by atoms with Crippen LogP contribution in [0.25, 0.3) is 11.0 Å². The molecular formula is C22H27N3O3S. The second kappa shape index (κ2) is 8.16. The highest BCUT2D eigenvalue weighted by molar-refractivity contribution is 7.89. The molecule has 0 radical (unpaired) electrons. The third kappa shape index (κ3) is 3.89. The second-order valence-corrected chi connectivity index (χ2v) is 9.64. The van der Waals surface area contributed by atoms with Crippen molar-refractivity contribution in [2.24, 2.45) is 0 Å². The van der Waals surface area contributed by atoms with Crippen molar-refractivity contribution in [2.45, 2.75) is 50.0 Å². The Kier molecular flexibility index (Phi) is 5.61. The van der Waals surface area contributed by atoms with Crippen LogP contribution in [0, 0.1) is 0 Å². The molecule has 2 heterocycles. The van der Waals surface area contributed by atoms with Gasteiger partial charge in [-0.05, 0) is 55.5 Å². The Morgan fingerprint density at radius 2 is 1.72 bits per heavy atom. The predicted molar refractivity (Wildman–Crippen MR) is 115 cm³/mol. The number of nitrogens with one attached hydrogen (secondary N) is 1. The summed E-state index contributed by atoms with van der Waals surface area (Å²) in [6, 6.07) is 14.9. The van der Waals surface area contributed by atoms with E-state index in [0.717, 1.165) is 30.3 Å². The van der Waals surface area contributed by atoms with Crippen LogP contribution >= 0.6 is 0 Å². The topological polar surface area (TPSA) is 75.2 Å². The maximum absolute atomic E-state index is 13.0. The monoisotopic (exact) mass is 413 g/mol. The van der Waals surface area contributed by atoms with Crippen molar-refractivity contribution in [1.29, 1.82) is 0 Å². The van der Waals surface area contributed by atoms with Crippen LogP contribution in [0.5, 0.6) is 0 Å². The SMILES string of the molecule is CCCCc1ccc(S(=O)(=O)N2CCC(n3c(=O)[nH]c4ccccc43)CC2)cc1. The first-order valence-electron chi connectivity index (χ1n) is 10.3. The number of para-hydroxylation sites is 2. The molecule has 1 fully saturated rings. The Balaban J connectivity index is 1.48. The molecule has 1 aliphatic rings. The van der Waals surface area contributed by atoms with Gasteiger partial charge in [0, 0.05) is 19.1 Å². The van der Waals surface area contributed by atoms with Crippen LogP contribution in [-0.2, 0) is 16.4 Å². The Morgan fingerprint density at radius 3 is 2.41 bits per heavy atom. The minimum Gasteiger partial charge on any atom is -0.306 e. The van der Waals surface area contributed by atoms with Crippen LogP contribution in [0.2, 0.25) is 0 Å². The molecule has 29 heavy (non-hydrogen) atoms. The number of hydrogen-bond acceptors (Lipinski definition) is 3. The summed E-state index contributed by atoms with van der Waals surface area (Å²) in [6.07, 6.45) is 4.44. The van der Waals surface area contributed by atoms with Gasteiger partial charge in [0.15, 0.2) is 0 Å². The van der Waals surface area contributed by atoms with Crippen LogP contribution in [-0.4, -0.2) is 35.4 Å². The van der Waals surface area contributed by atoms with Gasteiger partial charge in [0.2, 0.25) is 10.0 Å². The summed E-state index contributed by atoms with van der Waals surface area (Å²) < 4.78 is 29.4. The Morgan fingerprint density at radius 1 is 1.03 bits per heavy atom. The molecule has 4 rings (SSSR count). The van der Waals surface area contributed by atoms with Crippen molar-refractivity contribution in [3.8, 4) is 0 Å². The lowest BCUT2D eigenvalue weighted by Gasteiger charge is -2.31. The van der Waals surface area contributed by atoms with E-state index in [2.05, 4.69) is 11.9 Å². The summed E-state index contributed by atoms with van der Waals surface area (Å²) in [6.45, 7) is 2.97. The first-order chi connectivity index (χ1) is 14.0. The van der Waals surface area contributed by atoms with E-state index in [1.807, 2.05) is 36.4 Å². The molecule has 7 heteroatoms. The lowest BCUT2D eigenvalue weighted by Crippen LogP contribution is -2.40. The number of unbranched alkanes of at least 4 members (excludes halogenated alkanes) is 1. The maximum Gasteiger partial charge on any atom is 0.326 e. The summed E-state index contributed by atoms with van der Waals surface area (Å²) in [4.78, 5) is 15.7. The lowest BCUT2D eigenvalue weighted by molar-refractivity contribution is 0.274. The fourth-order valence-corrected chi connectivity index (χ4v) is 5.61.